The van der Waals surface area contributed by atoms with E-state index in [-0.39, 0.29) is 5.92 Å². The number of carbonyl (C=O) groups is 1. The molecular formula is C33H37N3O3. The molecule has 0 amide bonds. The molecule has 0 unspecified atom stereocenters. The third-order valence-electron chi connectivity index (χ3n) is 6.49. The number of fused-ring (bicyclic) bond motifs is 1. The molecule has 0 aliphatic heterocycles. The van der Waals surface area contributed by atoms with Crippen LogP contribution >= 0.6 is 0 Å². The number of anilines is 2. The van der Waals surface area contributed by atoms with E-state index in [0.29, 0.717) is 24.6 Å². The Morgan fingerprint density at radius 2 is 1.82 bits per heavy atom. The summed E-state index contributed by atoms with van der Waals surface area (Å²) in [5.41, 5.74) is 5.69. The topological polar surface area (TPSA) is 64.6 Å². The Morgan fingerprint density at radius 3 is 2.49 bits per heavy atom. The Bertz CT molecular complexity index is 1460. The van der Waals surface area contributed by atoms with Crippen LogP contribution in [0.2, 0.25) is 0 Å². The summed E-state index contributed by atoms with van der Waals surface area (Å²) < 4.78 is 11.2. The lowest BCUT2D eigenvalue weighted by Crippen LogP contribution is -2.19. The number of nitrogens with zero attached hydrogens (tertiary/aromatic N) is 3. The maximum absolute atomic E-state index is 12.0. The molecule has 4 aromatic rings. The quantitative estimate of drug-likeness (QED) is 0.155. The Morgan fingerprint density at radius 1 is 1.00 bits per heavy atom. The Labute approximate surface area is 231 Å². The van der Waals surface area contributed by atoms with Gasteiger partial charge in [0.15, 0.2) is 0 Å². The van der Waals surface area contributed by atoms with Gasteiger partial charge in [0.05, 0.1) is 30.5 Å². The van der Waals surface area contributed by atoms with Gasteiger partial charge < -0.3 is 14.4 Å². The average Bonchev–Trinajstić information content (AvgIpc) is 2.95. The lowest BCUT2D eigenvalue weighted by atomic mass is 9.96. The molecule has 4 rings (SSSR count). The summed E-state index contributed by atoms with van der Waals surface area (Å²) in [7, 11) is 1.37. The standard InChI is InChI=1S/C33H37N3O3/c1-7-36(32-15-13-27(20-35-32)33(37)38-6)30-19-31(39-21-22(2)3)28(23(4)5)18-26(30)12-10-24-11-14-29-25(17-24)9-8-16-34-29/h8-20,22-23H,7,21H2,1-6H3/b12-10+. The summed E-state index contributed by atoms with van der Waals surface area (Å²) in [5, 5.41) is 1.10. The van der Waals surface area contributed by atoms with Crippen molar-refractivity contribution < 1.29 is 14.3 Å². The molecule has 0 aliphatic rings. The highest BCUT2D eigenvalue weighted by Gasteiger charge is 2.19. The molecule has 0 saturated carbocycles. The Hall–Kier alpha value is -4.19. The minimum absolute atomic E-state index is 0.285. The van der Waals surface area contributed by atoms with Crippen molar-refractivity contribution >= 4 is 40.5 Å². The van der Waals surface area contributed by atoms with Gasteiger partial charge in [0, 0.05) is 30.4 Å². The first-order chi connectivity index (χ1) is 18.8. The maximum Gasteiger partial charge on any atom is 0.339 e. The molecule has 2 aromatic heterocycles. The zero-order valence-corrected chi connectivity index (χ0v) is 23.6. The molecule has 2 aromatic carbocycles. The molecule has 39 heavy (non-hydrogen) atoms. The summed E-state index contributed by atoms with van der Waals surface area (Å²) in [6, 6.07) is 18.2. The van der Waals surface area contributed by atoms with Crippen LogP contribution in [-0.2, 0) is 4.74 Å². The largest absolute Gasteiger partial charge is 0.493 e. The number of hydrogen-bond acceptors (Lipinski definition) is 6. The second kappa shape index (κ2) is 12.6. The number of hydrogen-bond donors (Lipinski definition) is 0. The first-order valence-electron chi connectivity index (χ1n) is 13.5. The van der Waals surface area contributed by atoms with E-state index in [1.807, 2.05) is 24.4 Å². The lowest BCUT2D eigenvalue weighted by molar-refractivity contribution is 0.0600. The van der Waals surface area contributed by atoms with Gasteiger partial charge in [-0.2, -0.15) is 0 Å². The fourth-order valence-electron chi connectivity index (χ4n) is 4.43. The maximum atomic E-state index is 12.0. The first kappa shape index (κ1) is 27.8. The third-order valence-corrected chi connectivity index (χ3v) is 6.49. The van der Waals surface area contributed by atoms with Gasteiger partial charge >= 0.3 is 5.97 Å². The highest BCUT2D eigenvalue weighted by atomic mass is 16.5. The van der Waals surface area contributed by atoms with Crippen LogP contribution in [0.4, 0.5) is 11.5 Å². The molecule has 0 spiro atoms. The van der Waals surface area contributed by atoms with Crippen molar-refractivity contribution in [3.63, 3.8) is 0 Å². The average molecular weight is 524 g/mol. The number of aromatic nitrogens is 2. The molecule has 6 nitrogen and oxygen atoms in total. The van der Waals surface area contributed by atoms with Crippen molar-refractivity contribution in [2.24, 2.45) is 5.92 Å². The summed E-state index contributed by atoms with van der Waals surface area (Å²) in [6.07, 6.45) is 7.65. The minimum atomic E-state index is -0.406. The van der Waals surface area contributed by atoms with Crippen molar-refractivity contribution in [1.82, 2.24) is 9.97 Å². The van der Waals surface area contributed by atoms with Crippen LogP contribution in [0.5, 0.6) is 5.75 Å². The zero-order chi connectivity index (χ0) is 27.9. The number of carbonyl (C=O) groups excluding carboxylic acids is 1. The van der Waals surface area contributed by atoms with Crippen LogP contribution in [-0.4, -0.2) is 36.2 Å². The van der Waals surface area contributed by atoms with E-state index in [4.69, 9.17) is 9.47 Å². The smallest absolute Gasteiger partial charge is 0.339 e. The van der Waals surface area contributed by atoms with Crippen LogP contribution in [0.25, 0.3) is 23.1 Å². The van der Waals surface area contributed by atoms with E-state index in [1.165, 1.54) is 7.11 Å². The minimum Gasteiger partial charge on any atom is -0.493 e. The van der Waals surface area contributed by atoms with E-state index in [1.54, 1.807) is 12.3 Å². The molecule has 0 radical (unpaired) electrons. The monoisotopic (exact) mass is 523 g/mol. The van der Waals surface area contributed by atoms with Gasteiger partial charge in [0.1, 0.15) is 11.6 Å². The van der Waals surface area contributed by atoms with E-state index in [0.717, 1.165) is 44.8 Å². The molecule has 0 bridgehead atoms. The van der Waals surface area contributed by atoms with E-state index in [2.05, 4.69) is 92.0 Å². The summed E-state index contributed by atoms with van der Waals surface area (Å²) in [5.74, 6) is 1.91. The van der Waals surface area contributed by atoms with Crippen LogP contribution in [0.1, 0.15) is 67.6 Å². The third kappa shape index (κ3) is 6.63. The highest BCUT2D eigenvalue weighted by Crippen LogP contribution is 2.38. The summed E-state index contributed by atoms with van der Waals surface area (Å²) in [4.78, 5) is 23.1. The van der Waals surface area contributed by atoms with Crippen molar-refractivity contribution in [3.05, 3.63) is 89.2 Å². The summed E-state index contributed by atoms with van der Waals surface area (Å²) >= 11 is 0. The fourth-order valence-corrected chi connectivity index (χ4v) is 4.43. The van der Waals surface area contributed by atoms with Gasteiger partial charge in [0.25, 0.3) is 0 Å². The molecule has 0 saturated heterocycles. The molecule has 202 valence electrons. The number of benzene rings is 2. The van der Waals surface area contributed by atoms with Crippen LogP contribution in [0, 0.1) is 5.92 Å². The van der Waals surface area contributed by atoms with E-state index >= 15 is 0 Å². The van der Waals surface area contributed by atoms with E-state index in [9.17, 15) is 4.79 Å². The molecular weight excluding hydrogens is 486 g/mol. The molecule has 0 aliphatic carbocycles. The number of rotatable bonds is 10. The molecule has 0 N–H and O–H groups in total. The fraction of sp³-hybridized carbons (Fsp3) is 0.303. The van der Waals surface area contributed by atoms with Gasteiger partial charge in [0.2, 0.25) is 0 Å². The van der Waals surface area contributed by atoms with Gasteiger partial charge in [-0.15, -0.1) is 0 Å². The molecule has 2 heterocycles. The Kier molecular flexibility index (Phi) is 8.97. The van der Waals surface area contributed by atoms with Crippen molar-refractivity contribution in [2.45, 2.75) is 40.5 Å². The van der Waals surface area contributed by atoms with Crippen LogP contribution < -0.4 is 9.64 Å². The highest BCUT2D eigenvalue weighted by molar-refractivity contribution is 5.89. The SMILES string of the molecule is CCN(c1ccc(C(=O)OC)cn1)c1cc(OCC(C)C)c(C(C)C)cc1/C=C/c1ccc2ncccc2c1. The molecule has 6 heteroatoms. The molecule has 0 atom stereocenters. The second-order valence-corrected chi connectivity index (χ2v) is 10.2. The van der Waals surface area contributed by atoms with Crippen molar-refractivity contribution in [3.8, 4) is 5.75 Å². The predicted octanol–water partition coefficient (Wildman–Crippen LogP) is 7.90. The second-order valence-electron chi connectivity index (χ2n) is 10.2. The van der Waals surface area contributed by atoms with Crippen LogP contribution in [0.15, 0.2) is 67.0 Å². The molecule has 0 fully saturated rings. The van der Waals surface area contributed by atoms with Gasteiger partial charge in [-0.25, -0.2) is 9.78 Å². The predicted molar refractivity (Wildman–Crippen MR) is 160 cm³/mol. The van der Waals surface area contributed by atoms with Gasteiger partial charge in [-0.05, 0) is 71.8 Å². The van der Waals surface area contributed by atoms with Gasteiger partial charge in [-0.3, -0.25) is 4.98 Å². The van der Waals surface area contributed by atoms with Crippen molar-refractivity contribution in [2.75, 3.05) is 25.2 Å². The first-order valence-corrected chi connectivity index (χ1v) is 13.5. The number of esters is 1. The summed E-state index contributed by atoms with van der Waals surface area (Å²) in [6.45, 7) is 12.1. The van der Waals surface area contributed by atoms with Crippen molar-refractivity contribution in [1.29, 1.82) is 0 Å². The van der Waals surface area contributed by atoms with Crippen LogP contribution in [0.3, 0.4) is 0 Å². The number of pyridine rings is 2. The van der Waals surface area contributed by atoms with Gasteiger partial charge in [-0.1, -0.05) is 52.0 Å². The normalized spacial score (nSPS) is 11.5. The lowest BCUT2D eigenvalue weighted by Gasteiger charge is -2.27. The number of ether oxygens (including phenoxy) is 2. The number of methoxy groups -OCH3 is 1. The zero-order valence-electron chi connectivity index (χ0n) is 23.6. The van der Waals surface area contributed by atoms with E-state index < -0.39 is 5.97 Å². The Balaban J connectivity index is 1.81.